The Hall–Kier alpha value is -2.40. The highest BCUT2D eigenvalue weighted by atomic mass is 32.2. The van der Waals surface area contributed by atoms with Gasteiger partial charge in [-0.05, 0) is 31.2 Å². The average Bonchev–Trinajstić information content (AvgIpc) is 2.59. The summed E-state index contributed by atoms with van der Waals surface area (Å²) in [5.41, 5.74) is -1.10. The molecule has 0 amide bonds. The molecule has 1 aromatic carbocycles. The summed E-state index contributed by atoms with van der Waals surface area (Å²) in [7, 11) is -3.96. The molecule has 0 atom stereocenters. The number of sulfonamides is 1. The van der Waals surface area contributed by atoms with Gasteiger partial charge in [-0.25, -0.2) is 17.8 Å². The lowest BCUT2D eigenvalue weighted by Gasteiger charge is -2.37. The predicted octanol–water partition coefficient (Wildman–Crippen LogP) is 3.09. The molecule has 1 aliphatic heterocycles. The molecule has 28 heavy (non-hydrogen) atoms. The maximum absolute atomic E-state index is 13.9. The van der Waals surface area contributed by atoms with Crippen molar-refractivity contribution >= 4 is 10.0 Å². The zero-order valence-electron chi connectivity index (χ0n) is 14.6. The van der Waals surface area contributed by atoms with Crippen molar-refractivity contribution in [1.29, 1.82) is 0 Å². The molecule has 0 bridgehead atoms. The van der Waals surface area contributed by atoms with E-state index >= 15 is 0 Å². The van der Waals surface area contributed by atoms with Crippen LogP contribution in [0.5, 0.6) is 11.6 Å². The van der Waals surface area contributed by atoms with E-state index in [1.54, 1.807) is 6.92 Å². The standard InChI is InChI=1S/C17H16F4N2O4S/c1-2-26-14-7-6-12(8-13(14)18)28(24,25)23-9-11(10-23)27-16-5-3-4-15(22-16)17(19,20)21/h3-8,11H,2,9-10H2,1H3. The Kier molecular flexibility index (Phi) is 5.48. The Bertz CT molecular complexity index is 960. The number of benzene rings is 1. The summed E-state index contributed by atoms with van der Waals surface area (Å²) in [6.45, 7) is 1.73. The van der Waals surface area contributed by atoms with E-state index in [-0.39, 0.29) is 36.2 Å². The van der Waals surface area contributed by atoms with Crippen molar-refractivity contribution in [2.45, 2.75) is 24.1 Å². The van der Waals surface area contributed by atoms with E-state index in [1.165, 1.54) is 18.2 Å². The van der Waals surface area contributed by atoms with Crippen LogP contribution < -0.4 is 9.47 Å². The van der Waals surface area contributed by atoms with Gasteiger partial charge in [-0.15, -0.1) is 0 Å². The monoisotopic (exact) mass is 420 g/mol. The number of alkyl halides is 3. The van der Waals surface area contributed by atoms with Crippen molar-refractivity contribution in [1.82, 2.24) is 9.29 Å². The minimum Gasteiger partial charge on any atom is -0.491 e. The van der Waals surface area contributed by atoms with Gasteiger partial charge in [-0.3, -0.25) is 0 Å². The number of aromatic nitrogens is 1. The topological polar surface area (TPSA) is 68.7 Å². The van der Waals surface area contributed by atoms with Crippen LogP contribution in [0.3, 0.4) is 0 Å². The smallest absolute Gasteiger partial charge is 0.433 e. The molecule has 3 rings (SSSR count). The normalized spacial score (nSPS) is 15.9. The summed E-state index contributed by atoms with van der Waals surface area (Å²) in [6.07, 6.45) is -5.26. The third kappa shape index (κ3) is 4.20. The Morgan fingerprint density at radius 2 is 1.93 bits per heavy atom. The summed E-state index contributed by atoms with van der Waals surface area (Å²) in [5, 5.41) is 0. The molecular formula is C17H16F4N2O4S. The van der Waals surface area contributed by atoms with Crippen LogP contribution in [-0.4, -0.2) is 43.5 Å². The number of hydrogen-bond donors (Lipinski definition) is 0. The number of ether oxygens (including phenoxy) is 2. The maximum Gasteiger partial charge on any atom is 0.433 e. The van der Waals surface area contributed by atoms with Gasteiger partial charge in [0.1, 0.15) is 11.8 Å². The zero-order chi connectivity index (χ0) is 20.5. The fourth-order valence-electron chi connectivity index (χ4n) is 2.54. The fraction of sp³-hybridized carbons (Fsp3) is 0.353. The molecule has 0 radical (unpaired) electrons. The van der Waals surface area contributed by atoms with Gasteiger partial charge in [0.2, 0.25) is 15.9 Å². The lowest BCUT2D eigenvalue weighted by atomic mass is 10.2. The molecule has 0 saturated carbocycles. The summed E-state index contributed by atoms with van der Waals surface area (Å²) in [5.74, 6) is -1.10. The molecule has 6 nitrogen and oxygen atoms in total. The molecule has 1 fully saturated rings. The van der Waals surface area contributed by atoms with Gasteiger partial charge in [0.05, 0.1) is 24.6 Å². The number of nitrogens with zero attached hydrogens (tertiary/aromatic N) is 2. The van der Waals surface area contributed by atoms with E-state index in [1.807, 2.05) is 0 Å². The van der Waals surface area contributed by atoms with Crippen molar-refractivity contribution in [3.63, 3.8) is 0 Å². The van der Waals surface area contributed by atoms with E-state index < -0.39 is 33.8 Å². The molecule has 0 spiro atoms. The van der Waals surface area contributed by atoms with Crippen molar-refractivity contribution in [3.05, 3.63) is 47.9 Å². The van der Waals surface area contributed by atoms with Crippen LogP contribution in [0.1, 0.15) is 12.6 Å². The van der Waals surface area contributed by atoms with Crippen LogP contribution in [0.15, 0.2) is 41.3 Å². The Morgan fingerprint density at radius 1 is 1.21 bits per heavy atom. The molecule has 1 aromatic heterocycles. The Morgan fingerprint density at radius 3 is 2.54 bits per heavy atom. The quantitative estimate of drug-likeness (QED) is 0.672. The maximum atomic E-state index is 13.9. The highest BCUT2D eigenvalue weighted by Gasteiger charge is 2.39. The molecule has 2 aromatic rings. The Labute approximate surface area is 158 Å². The van der Waals surface area contributed by atoms with Gasteiger partial charge < -0.3 is 9.47 Å². The van der Waals surface area contributed by atoms with Crippen LogP contribution in [0.25, 0.3) is 0 Å². The van der Waals surface area contributed by atoms with E-state index in [4.69, 9.17) is 9.47 Å². The lowest BCUT2D eigenvalue weighted by molar-refractivity contribution is -0.141. The first kappa shape index (κ1) is 20.3. The van der Waals surface area contributed by atoms with Gasteiger partial charge in [-0.1, -0.05) is 6.07 Å². The lowest BCUT2D eigenvalue weighted by Crippen LogP contribution is -2.56. The number of rotatable bonds is 6. The number of halogens is 4. The largest absolute Gasteiger partial charge is 0.491 e. The molecule has 1 aliphatic rings. The molecule has 1 saturated heterocycles. The molecule has 2 heterocycles. The van der Waals surface area contributed by atoms with Crippen LogP contribution in [0, 0.1) is 5.82 Å². The third-order valence-corrected chi connectivity index (χ3v) is 5.78. The minimum absolute atomic E-state index is 0.0538. The first-order chi connectivity index (χ1) is 13.1. The minimum atomic E-state index is -4.61. The summed E-state index contributed by atoms with van der Waals surface area (Å²) >= 11 is 0. The van der Waals surface area contributed by atoms with Gasteiger partial charge in [-0.2, -0.15) is 17.5 Å². The van der Waals surface area contributed by atoms with Gasteiger partial charge in [0.15, 0.2) is 11.6 Å². The average molecular weight is 420 g/mol. The first-order valence-electron chi connectivity index (χ1n) is 8.24. The summed E-state index contributed by atoms with van der Waals surface area (Å²) in [4.78, 5) is 3.13. The molecule has 11 heteroatoms. The predicted molar refractivity (Wildman–Crippen MR) is 90.0 cm³/mol. The van der Waals surface area contributed by atoms with Crippen molar-refractivity contribution < 1.29 is 35.5 Å². The molecule has 0 N–H and O–H groups in total. The summed E-state index contributed by atoms with van der Waals surface area (Å²) < 4.78 is 88.4. The van der Waals surface area contributed by atoms with Crippen LogP contribution >= 0.6 is 0 Å². The second-order valence-electron chi connectivity index (χ2n) is 5.95. The first-order valence-corrected chi connectivity index (χ1v) is 9.68. The SMILES string of the molecule is CCOc1ccc(S(=O)(=O)N2CC(Oc3cccc(C(F)(F)F)n3)C2)cc1F. The molecular weight excluding hydrogens is 404 g/mol. The van der Waals surface area contributed by atoms with Crippen molar-refractivity contribution in [2.75, 3.05) is 19.7 Å². The zero-order valence-corrected chi connectivity index (χ0v) is 15.4. The van der Waals surface area contributed by atoms with Crippen LogP contribution in [-0.2, 0) is 16.2 Å². The second kappa shape index (κ2) is 7.55. The third-order valence-electron chi connectivity index (χ3n) is 3.96. The number of hydrogen-bond acceptors (Lipinski definition) is 5. The van der Waals surface area contributed by atoms with Crippen LogP contribution in [0.4, 0.5) is 17.6 Å². The second-order valence-corrected chi connectivity index (χ2v) is 7.88. The molecule has 0 aliphatic carbocycles. The van der Waals surface area contributed by atoms with Crippen LogP contribution in [0.2, 0.25) is 0 Å². The van der Waals surface area contributed by atoms with Gasteiger partial charge in [0, 0.05) is 6.07 Å². The van der Waals surface area contributed by atoms with E-state index in [2.05, 4.69) is 4.98 Å². The highest BCUT2D eigenvalue weighted by molar-refractivity contribution is 7.89. The highest BCUT2D eigenvalue weighted by Crippen LogP contribution is 2.30. The summed E-state index contributed by atoms with van der Waals surface area (Å²) in [6, 6.07) is 6.54. The van der Waals surface area contributed by atoms with Crippen molar-refractivity contribution in [2.24, 2.45) is 0 Å². The number of pyridine rings is 1. The van der Waals surface area contributed by atoms with Crippen molar-refractivity contribution in [3.8, 4) is 11.6 Å². The Balaban J connectivity index is 1.65. The fourth-order valence-corrected chi connectivity index (χ4v) is 4.06. The van der Waals surface area contributed by atoms with E-state index in [9.17, 15) is 26.0 Å². The van der Waals surface area contributed by atoms with Gasteiger partial charge in [0.25, 0.3) is 0 Å². The molecule has 0 unspecified atom stereocenters. The van der Waals surface area contributed by atoms with E-state index in [0.717, 1.165) is 22.5 Å². The van der Waals surface area contributed by atoms with E-state index in [0.29, 0.717) is 0 Å². The van der Waals surface area contributed by atoms with Gasteiger partial charge >= 0.3 is 6.18 Å². The molecule has 152 valence electrons.